The highest BCUT2D eigenvalue weighted by molar-refractivity contribution is 9.10. The minimum absolute atomic E-state index is 0.162. The third-order valence-electron chi connectivity index (χ3n) is 4.02. The maximum Gasteiger partial charge on any atom is 0.573 e. The van der Waals surface area contributed by atoms with Gasteiger partial charge in [0.1, 0.15) is 5.75 Å². The van der Waals surface area contributed by atoms with Gasteiger partial charge in [0.15, 0.2) is 0 Å². The molecule has 3 aromatic rings. The summed E-state index contributed by atoms with van der Waals surface area (Å²) < 4.78 is 42.3. The molecule has 0 fully saturated rings. The van der Waals surface area contributed by atoms with Crippen molar-refractivity contribution in [3.8, 4) is 22.9 Å². The number of nitrogens with one attached hydrogen (secondary N) is 1. The smallest absolute Gasteiger partial charge is 0.405 e. The first kappa shape index (κ1) is 21.3. The Morgan fingerprint density at radius 2 is 1.93 bits per heavy atom. The van der Waals surface area contributed by atoms with Crippen LogP contribution in [0.5, 0.6) is 5.75 Å². The van der Waals surface area contributed by atoms with Crippen molar-refractivity contribution in [3.05, 3.63) is 82.1 Å². The van der Waals surface area contributed by atoms with Gasteiger partial charge < -0.3 is 10.1 Å². The van der Waals surface area contributed by atoms with E-state index in [1.54, 1.807) is 42.6 Å². The summed E-state index contributed by atoms with van der Waals surface area (Å²) in [4.78, 5) is 16.6. The number of rotatable bonds is 5. The van der Waals surface area contributed by atoms with Crippen molar-refractivity contribution in [1.29, 1.82) is 5.26 Å². The molecule has 1 N–H and O–H groups in total. The van der Waals surface area contributed by atoms with Crippen LogP contribution < -0.4 is 10.1 Å². The van der Waals surface area contributed by atoms with Gasteiger partial charge in [0.05, 0.1) is 17.2 Å². The third kappa shape index (κ3) is 5.58. The van der Waals surface area contributed by atoms with Crippen LogP contribution in [-0.2, 0) is 6.54 Å². The number of alkyl halides is 3. The molecule has 0 aliphatic heterocycles. The maximum atomic E-state index is 12.6. The molecule has 0 atom stereocenters. The van der Waals surface area contributed by atoms with Gasteiger partial charge in [0.2, 0.25) is 0 Å². The first-order valence-electron chi connectivity index (χ1n) is 8.53. The van der Waals surface area contributed by atoms with Crippen molar-refractivity contribution in [3.63, 3.8) is 0 Å². The van der Waals surface area contributed by atoms with Crippen molar-refractivity contribution in [1.82, 2.24) is 10.3 Å². The molecule has 30 heavy (non-hydrogen) atoms. The summed E-state index contributed by atoms with van der Waals surface area (Å²) in [7, 11) is 0. The average molecular weight is 476 g/mol. The van der Waals surface area contributed by atoms with Crippen molar-refractivity contribution in [2.24, 2.45) is 0 Å². The molecule has 9 heteroatoms. The molecule has 1 heterocycles. The molecule has 0 bridgehead atoms. The molecule has 0 aliphatic carbocycles. The Labute approximate surface area is 178 Å². The molecule has 0 spiro atoms. The number of carbonyl (C=O) groups is 1. The Hall–Kier alpha value is -3.38. The fraction of sp³-hybridized carbons (Fsp3) is 0.0952. The van der Waals surface area contributed by atoms with Crippen LogP contribution in [0.4, 0.5) is 13.2 Å². The van der Waals surface area contributed by atoms with E-state index in [9.17, 15) is 18.0 Å². The number of nitrogens with zero attached hydrogens (tertiary/aromatic N) is 2. The number of ether oxygens (including phenoxy) is 1. The molecule has 0 saturated heterocycles. The standard InChI is InChI=1S/C21H13BrF3N3O2/c22-18-5-4-15(19(8-18)30-21(23,24)25)12-28-20(29)17-7-16(10-27-11-17)14-3-1-2-13(6-14)9-26/h1-8,10-11H,12H2,(H,28,29). The lowest BCUT2D eigenvalue weighted by atomic mass is 10.0. The van der Waals surface area contributed by atoms with E-state index in [4.69, 9.17) is 5.26 Å². The highest BCUT2D eigenvalue weighted by atomic mass is 79.9. The summed E-state index contributed by atoms with van der Waals surface area (Å²) in [6, 6.07) is 14.6. The first-order chi connectivity index (χ1) is 14.2. The minimum Gasteiger partial charge on any atom is -0.405 e. The Bertz CT molecular complexity index is 1130. The molecule has 0 aliphatic rings. The molecular formula is C21H13BrF3N3O2. The predicted molar refractivity (Wildman–Crippen MR) is 106 cm³/mol. The van der Waals surface area contributed by atoms with Crippen LogP contribution in [-0.4, -0.2) is 17.3 Å². The van der Waals surface area contributed by atoms with Crippen LogP contribution in [0.1, 0.15) is 21.5 Å². The molecule has 0 saturated carbocycles. The first-order valence-corrected chi connectivity index (χ1v) is 9.32. The number of hydrogen-bond donors (Lipinski definition) is 1. The Morgan fingerprint density at radius 3 is 2.67 bits per heavy atom. The second-order valence-electron chi connectivity index (χ2n) is 6.14. The van der Waals surface area contributed by atoms with E-state index < -0.39 is 18.0 Å². The molecule has 2 aromatic carbocycles. The quantitative estimate of drug-likeness (QED) is 0.549. The number of benzene rings is 2. The number of hydrogen-bond acceptors (Lipinski definition) is 4. The van der Waals surface area contributed by atoms with Crippen molar-refractivity contribution in [2.75, 3.05) is 0 Å². The summed E-state index contributed by atoms with van der Waals surface area (Å²) in [5.74, 6) is -0.918. The van der Waals surface area contributed by atoms with Gasteiger partial charge in [-0.2, -0.15) is 5.26 Å². The summed E-state index contributed by atoms with van der Waals surface area (Å²) in [6.45, 7) is -0.175. The molecule has 0 radical (unpaired) electrons. The number of aromatic nitrogens is 1. The fourth-order valence-corrected chi connectivity index (χ4v) is 3.00. The molecule has 1 aromatic heterocycles. The zero-order valence-corrected chi connectivity index (χ0v) is 16.8. The number of halogens is 4. The van der Waals surface area contributed by atoms with Gasteiger partial charge in [0.25, 0.3) is 5.91 Å². The largest absolute Gasteiger partial charge is 0.573 e. The fourth-order valence-electron chi connectivity index (χ4n) is 2.66. The average Bonchev–Trinajstić information content (AvgIpc) is 2.72. The lowest BCUT2D eigenvalue weighted by molar-refractivity contribution is -0.274. The third-order valence-corrected chi connectivity index (χ3v) is 4.51. The van der Waals surface area contributed by atoms with E-state index in [0.717, 1.165) is 0 Å². The number of pyridine rings is 1. The minimum atomic E-state index is -4.85. The SMILES string of the molecule is N#Cc1cccc(-c2cncc(C(=O)NCc3ccc(Br)cc3OC(F)(F)F)c2)c1. The summed E-state index contributed by atoms with van der Waals surface area (Å²) in [5, 5.41) is 11.6. The lowest BCUT2D eigenvalue weighted by Gasteiger charge is -2.14. The Morgan fingerprint density at radius 1 is 1.13 bits per heavy atom. The zero-order chi connectivity index (χ0) is 21.7. The topological polar surface area (TPSA) is 75.0 Å². The number of carbonyl (C=O) groups excluding carboxylic acids is 1. The van der Waals surface area contributed by atoms with Crippen LogP contribution in [0.25, 0.3) is 11.1 Å². The highest BCUT2D eigenvalue weighted by Crippen LogP contribution is 2.29. The summed E-state index contributed by atoms with van der Waals surface area (Å²) >= 11 is 3.10. The van der Waals surface area contributed by atoms with Gasteiger partial charge in [-0.25, -0.2) is 0 Å². The molecule has 152 valence electrons. The predicted octanol–water partition coefficient (Wildman–Crippen LogP) is 5.21. The lowest BCUT2D eigenvalue weighted by Crippen LogP contribution is -2.24. The number of nitriles is 1. The normalized spacial score (nSPS) is 10.9. The van der Waals surface area contributed by atoms with E-state index in [2.05, 4.69) is 31.0 Å². The molecule has 5 nitrogen and oxygen atoms in total. The van der Waals surface area contributed by atoms with Gasteiger partial charge in [-0.15, -0.1) is 13.2 Å². The Kier molecular flexibility index (Phi) is 6.37. The van der Waals surface area contributed by atoms with E-state index >= 15 is 0 Å². The highest BCUT2D eigenvalue weighted by Gasteiger charge is 2.32. The van der Waals surface area contributed by atoms with Crippen LogP contribution in [0.15, 0.2) is 65.4 Å². The van der Waals surface area contributed by atoms with Crippen LogP contribution >= 0.6 is 15.9 Å². The second kappa shape index (κ2) is 8.97. The molecule has 1 amide bonds. The second-order valence-corrected chi connectivity index (χ2v) is 7.05. The van der Waals surface area contributed by atoms with E-state index in [1.807, 2.05) is 6.07 Å². The van der Waals surface area contributed by atoms with Crippen LogP contribution in [0.3, 0.4) is 0 Å². The van der Waals surface area contributed by atoms with Crippen molar-refractivity contribution < 1.29 is 22.7 Å². The van der Waals surface area contributed by atoms with Gasteiger partial charge in [-0.3, -0.25) is 9.78 Å². The maximum absolute atomic E-state index is 12.6. The summed E-state index contributed by atoms with van der Waals surface area (Å²) in [6.07, 6.45) is -1.95. The molecule has 0 unspecified atom stereocenters. The summed E-state index contributed by atoms with van der Waals surface area (Å²) in [5.41, 5.74) is 2.20. The molecule has 3 rings (SSSR count). The van der Waals surface area contributed by atoms with Gasteiger partial charge in [-0.05, 0) is 35.9 Å². The monoisotopic (exact) mass is 475 g/mol. The van der Waals surface area contributed by atoms with Gasteiger partial charge >= 0.3 is 6.36 Å². The van der Waals surface area contributed by atoms with Gasteiger partial charge in [0, 0.05) is 34.5 Å². The van der Waals surface area contributed by atoms with Crippen molar-refractivity contribution in [2.45, 2.75) is 12.9 Å². The molecular weight excluding hydrogens is 463 g/mol. The van der Waals surface area contributed by atoms with Crippen molar-refractivity contribution >= 4 is 21.8 Å². The van der Waals surface area contributed by atoms with E-state index in [-0.39, 0.29) is 17.7 Å². The Balaban J connectivity index is 1.77. The van der Waals surface area contributed by atoms with E-state index in [1.165, 1.54) is 18.3 Å². The number of amides is 1. The zero-order valence-electron chi connectivity index (χ0n) is 15.2. The van der Waals surface area contributed by atoms with E-state index in [0.29, 0.717) is 21.2 Å². The van der Waals surface area contributed by atoms with Crippen LogP contribution in [0.2, 0.25) is 0 Å². The van der Waals surface area contributed by atoms with Crippen LogP contribution in [0, 0.1) is 11.3 Å². The van der Waals surface area contributed by atoms with Gasteiger partial charge in [-0.1, -0.05) is 34.1 Å².